The third-order valence-corrected chi connectivity index (χ3v) is 5.92. The van der Waals surface area contributed by atoms with Crippen LogP contribution in [0.25, 0.3) is 16.3 Å². The lowest BCUT2D eigenvalue weighted by atomic mass is 9.88. The first kappa shape index (κ1) is 15.4. The third kappa shape index (κ3) is 2.43. The maximum absolute atomic E-state index is 10.6. The van der Waals surface area contributed by atoms with Gasteiger partial charge in [-0.05, 0) is 53.0 Å². The predicted octanol–water partition coefficient (Wildman–Crippen LogP) is 5.70. The molecule has 1 aromatic heterocycles. The van der Waals surface area contributed by atoms with Gasteiger partial charge in [0.1, 0.15) is 0 Å². The molecule has 2 nitrogen and oxygen atoms in total. The van der Waals surface area contributed by atoms with Crippen LogP contribution in [-0.2, 0) is 13.0 Å². The first-order valence-electron chi connectivity index (χ1n) is 7.95. The van der Waals surface area contributed by atoms with E-state index in [1.807, 2.05) is 0 Å². The van der Waals surface area contributed by atoms with Gasteiger partial charge in [0.05, 0.1) is 4.88 Å². The summed E-state index contributed by atoms with van der Waals surface area (Å²) in [5.74, 6) is 0.247. The first-order valence-corrected chi connectivity index (χ1v) is 9.17. The Kier molecular flexibility index (Phi) is 3.87. The maximum atomic E-state index is 10.6. The molecule has 0 amide bonds. The van der Waals surface area contributed by atoms with Crippen LogP contribution in [0.4, 0.5) is 0 Å². The molecule has 1 aliphatic carbocycles. The molecule has 4 rings (SSSR count). The van der Waals surface area contributed by atoms with Gasteiger partial charge < -0.3 is 5.11 Å². The predicted molar refractivity (Wildman–Crippen MR) is 104 cm³/mol. The number of hydrogen-bond acceptors (Lipinski definition) is 3. The van der Waals surface area contributed by atoms with Crippen molar-refractivity contribution in [2.45, 2.75) is 19.4 Å². The van der Waals surface area contributed by atoms with E-state index in [0.29, 0.717) is 10.5 Å². The third-order valence-electron chi connectivity index (χ3n) is 4.45. The van der Waals surface area contributed by atoms with E-state index in [1.165, 1.54) is 33.2 Å². The van der Waals surface area contributed by atoms with Crippen LogP contribution in [-0.4, -0.2) is 9.67 Å². The quantitative estimate of drug-likeness (QED) is 0.483. The number of rotatable bonds is 3. The molecular formula is C20H17NOS2. The fraction of sp³-hybridized carbons (Fsp3) is 0.150. The number of hydrogen-bond donors (Lipinski definition) is 1. The molecule has 0 spiro atoms. The van der Waals surface area contributed by atoms with Crippen molar-refractivity contribution in [3.63, 3.8) is 0 Å². The molecule has 2 aromatic carbocycles. The van der Waals surface area contributed by atoms with Crippen LogP contribution >= 0.6 is 23.6 Å². The van der Waals surface area contributed by atoms with Crippen LogP contribution in [0.2, 0.25) is 0 Å². The van der Waals surface area contributed by atoms with E-state index in [9.17, 15) is 5.11 Å². The van der Waals surface area contributed by atoms with Crippen molar-refractivity contribution in [3.05, 3.63) is 75.1 Å². The molecule has 0 unspecified atom stereocenters. The number of aromatic nitrogens is 1. The van der Waals surface area contributed by atoms with Gasteiger partial charge in [0, 0.05) is 12.1 Å². The van der Waals surface area contributed by atoms with Crippen molar-refractivity contribution in [2.24, 2.45) is 0 Å². The normalized spacial score (nSPS) is 13.6. The molecule has 0 saturated carbocycles. The summed E-state index contributed by atoms with van der Waals surface area (Å²) in [6.45, 7) is 4.27. The zero-order valence-electron chi connectivity index (χ0n) is 13.2. The van der Waals surface area contributed by atoms with E-state index in [-0.39, 0.29) is 5.88 Å². The van der Waals surface area contributed by atoms with E-state index in [0.717, 1.165) is 23.3 Å². The lowest BCUT2D eigenvalue weighted by Crippen LogP contribution is -2.01. The molecular weight excluding hydrogens is 334 g/mol. The molecule has 1 aliphatic rings. The Morgan fingerprint density at radius 1 is 1.25 bits per heavy atom. The van der Waals surface area contributed by atoms with Crippen molar-refractivity contribution >= 4 is 39.9 Å². The smallest absolute Gasteiger partial charge is 0.211 e. The van der Waals surface area contributed by atoms with Gasteiger partial charge >= 0.3 is 0 Å². The van der Waals surface area contributed by atoms with Gasteiger partial charge in [-0.15, -0.1) is 17.9 Å². The van der Waals surface area contributed by atoms with Crippen LogP contribution in [0.5, 0.6) is 5.88 Å². The molecule has 0 atom stereocenters. The highest BCUT2D eigenvalue weighted by molar-refractivity contribution is 7.73. The van der Waals surface area contributed by atoms with Gasteiger partial charge in [-0.2, -0.15) is 0 Å². The summed E-state index contributed by atoms with van der Waals surface area (Å²) < 4.78 is 2.41. The summed E-state index contributed by atoms with van der Waals surface area (Å²) in [4.78, 5) is 0.859. The number of aryl methyl sites for hydroxylation is 1. The second-order valence-electron chi connectivity index (χ2n) is 5.93. The zero-order valence-corrected chi connectivity index (χ0v) is 14.8. The number of fused-ring (bicyclic) bond motifs is 2. The summed E-state index contributed by atoms with van der Waals surface area (Å²) in [5, 5.41) is 13.1. The molecule has 1 N–H and O–H groups in total. The zero-order chi connectivity index (χ0) is 16.7. The molecule has 0 saturated heterocycles. The summed E-state index contributed by atoms with van der Waals surface area (Å²) in [6.07, 6.45) is 5.98. The molecule has 3 aromatic rings. The fourth-order valence-electron chi connectivity index (χ4n) is 3.30. The molecule has 1 heterocycles. The van der Waals surface area contributed by atoms with Crippen LogP contribution in [0, 0.1) is 3.95 Å². The Bertz CT molecular complexity index is 1040. The molecule has 0 radical (unpaired) electrons. The van der Waals surface area contributed by atoms with Crippen LogP contribution in [0.3, 0.4) is 0 Å². The van der Waals surface area contributed by atoms with Crippen molar-refractivity contribution in [1.29, 1.82) is 0 Å². The number of benzene rings is 2. The molecule has 0 fully saturated rings. The van der Waals surface area contributed by atoms with Gasteiger partial charge in [-0.1, -0.05) is 42.5 Å². The van der Waals surface area contributed by atoms with Gasteiger partial charge in [0.25, 0.3) is 0 Å². The highest BCUT2D eigenvalue weighted by atomic mass is 32.1. The lowest BCUT2D eigenvalue weighted by Gasteiger charge is -2.18. The van der Waals surface area contributed by atoms with Crippen LogP contribution in [0.1, 0.15) is 22.4 Å². The second-order valence-corrected chi connectivity index (χ2v) is 7.58. The minimum Gasteiger partial charge on any atom is -0.493 e. The average Bonchev–Trinajstić information content (AvgIpc) is 2.88. The standard InChI is InChI=1S/C20H17NOS2/c1-2-10-21-19(22)18(24-20(21)23)16-9-5-8-15-11-13-6-3-4-7-14(13)12-17(15)16/h2-4,6-7,9,11-12,22H,1,5,8,10H2. The minimum absolute atomic E-state index is 0.247. The first-order chi connectivity index (χ1) is 11.7. The van der Waals surface area contributed by atoms with Crippen molar-refractivity contribution in [2.75, 3.05) is 0 Å². The van der Waals surface area contributed by atoms with E-state index < -0.39 is 0 Å². The molecule has 0 aliphatic heterocycles. The highest BCUT2D eigenvalue weighted by Gasteiger charge is 2.21. The molecule has 4 heteroatoms. The lowest BCUT2D eigenvalue weighted by molar-refractivity contribution is 0.423. The molecule has 24 heavy (non-hydrogen) atoms. The summed E-state index contributed by atoms with van der Waals surface area (Å²) >= 11 is 6.89. The Labute approximate surface area is 150 Å². The SMILES string of the molecule is C=CCn1c(O)c(C2=CCCc3cc4ccccc4cc32)sc1=S. The Hall–Kier alpha value is -2.17. The topological polar surface area (TPSA) is 25.2 Å². The largest absolute Gasteiger partial charge is 0.493 e. The number of thiazole rings is 1. The van der Waals surface area contributed by atoms with Crippen LogP contribution < -0.4 is 0 Å². The maximum Gasteiger partial charge on any atom is 0.211 e. The van der Waals surface area contributed by atoms with Crippen molar-refractivity contribution < 1.29 is 5.11 Å². The minimum atomic E-state index is 0.247. The Morgan fingerprint density at radius 2 is 2.00 bits per heavy atom. The van der Waals surface area contributed by atoms with Crippen LogP contribution in [0.15, 0.2) is 55.1 Å². The van der Waals surface area contributed by atoms with Gasteiger partial charge in [-0.25, -0.2) is 0 Å². The van der Waals surface area contributed by atoms with E-state index in [1.54, 1.807) is 10.6 Å². The average molecular weight is 351 g/mol. The summed E-state index contributed by atoms with van der Waals surface area (Å²) in [7, 11) is 0. The Morgan fingerprint density at radius 3 is 2.75 bits per heavy atom. The molecule has 0 bridgehead atoms. The van der Waals surface area contributed by atoms with E-state index >= 15 is 0 Å². The van der Waals surface area contributed by atoms with Gasteiger partial charge in [0.15, 0.2) is 3.95 Å². The number of nitrogens with zero attached hydrogens (tertiary/aromatic N) is 1. The van der Waals surface area contributed by atoms with Crippen molar-refractivity contribution in [3.8, 4) is 5.88 Å². The molecule has 120 valence electrons. The van der Waals surface area contributed by atoms with Crippen molar-refractivity contribution in [1.82, 2.24) is 4.57 Å². The van der Waals surface area contributed by atoms with Gasteiger partial charge in [-0.3, -0.25) is 4.57 Å². The summed E-state index contributed by atoms with van der Waals surface area (Å²) in [6, 6.07) is 12.9. The van der Waals surface area contributed by atoms with E-state index in [4.69, 9.17) is 12.2 Å². The summed E-state index contributed by atoms with van der Waals surface area (Å²) in [5.41, 5.74) is 3.64. The fourth-order valence-corrected chi connectivity index (χ4v) is 4.67. The van der Waals surface area contributed by atoms with Gasteiger partial charge in [0.2, 0.25) is 5.88 Å². The highest BCUT2D eigenvalue weighted by Crippen LogP contribution is 2.41. The van der Waals surface area contributed by atoms with E-state index in [2.05, 4.69) is 49.1 Å². The number of aromatic hydroxyl groups is 1. The Balaban J connectivity index is 1.91. The second kappa shape index (κ2) is 6.04. The monoisotopic (exact) mass is 351 g/mol. The number of allylic oxidation sites excluding steroid dienone is 2.